The average Bonchev–Trinajstić information content (AvgIpc) is 3.65. The fourth-order valence-electron chi connectivity index (χ4n) is 5.59. The zero-order valence-corrected chi connectivity index (χ0v) is 32.6. The molecule has 1 amide bonds. The van der Waals surface area contributed by atoms with Crippen molar-refractivity contribution in [2.75, 3.05) is 20.2 Å². The fraction of sp³-hybridized carbons (Fsp3) is 0.419. The second kappa shape index (κ2) is 22.9. The number of amides is 1. The number of carboxylic acids is 1. The van der Waals surface area contributed by atoms with Crippen molar-refractivity contribution in [2.45, 2.75) is 98.4 Å². The molecule has 11 heteroatoms. The van der Waals surface area contributed by atoms with Gasteiger partial charge in [-0.3, -0.25) is 14.6 Å². The minimum Gasteiger partial charge on any atom is -0.497 e. The van der Waals surface area contributed by atoms with E-state index in [4.69, 9.17) is 19.7 Å². The van der Waals surface area contributed by atoms with Crippen LogP contribution in [0, 0.1) is 0 Å². The first kappa shape index (κ1) is 45.1. The summed E-state index contributed by atoms with van der Waals surface area (Å²) in [6, 6.07) is 6.98. The maximum Gasteiger partial charge on any atom is 0.416 e. The lowest BCUT2D eigenvalue weighted by atomic mass is 10.0. The van der Waals surface area contributed by atoms with E-state index in [1.165, 1.54) is 6.08 Å². The number of hydrogen-bond acceptors (Lipinski definition) is 6. The molecule has 0 bridgehead atoms. The van der Waals surface area contributed by atoms with Gasteiger partial charge in [-0.25, -0.2) is 0 Å². The Balaban J connectivity index is 0.00000188. The van der Waals surface area contributed by atoms with Gasteiger partial charge in [0.05, 0.1) is 37.1 Å². The van der Waals surface area contributed by atoms with Crippen LogP contribution in [-0.2, 0) is 14.3 Å². The topological polar surface area (TPSA) is 100 Å². The van der Waals surface area contributed by atoms with E-state index in [0.717, 1.165) is 54.5 Å². The molecule has 0 heterocycles. The van der Waals surface area contributed by atoms with Gasteiger partial charge in [-0.15, -0.1) is 0 Å². The molecular formula is C43H56F3N3O5. The van der Waals surface area contributed by atoms with Crippen molar-refractivity contribution in [3.63, 3.8) is 0 Å². The average molecular weight is 752 g/mol. The van der Waals surface area contributed by atoms with E-state index in [1.807, 2.05) is 61.4 Å². The van der Waals surface area contributed by atoms with E-state index in [2.05, 4.69) is 18.0 Å². The molecule has 0 aliphatic heterocycles. The molecule has 2 aliphatic carbocycles. The number of aliphatic carboxylic acids is 1. The monoisotopic (exact) mass is 751 g/mol. The molecule has 0 radical (unpaired) electrons. The van der Waals surface area contributed by atoms with Crippen LogP contribution < -0.4 is 5.32 Å². The summed E-state index contributed by atoms with van der Waals surface area (Å²) in [5.41, 5.74) is 2.98. The molecule has 1 aromatic carbocycles. The van der Waals surface area contributed by atoms with Crippen molar-refractivity contribution in [1.29, 1.82) is 0 Å². The summed E-state index contributed by atoms with van der Waals surface area (Å²) in [7, 11) is 1.61. The second-order valence-corrected chi connectivity index (χ2v) is 12.9. The highest BCUT2D eigenvalue weighted by Crippen LogP contribution is 2.31. The normalized spacial score (nSPS) is 19.9. The van der Waals surface area contributed by atoms with Gasteiger partial charge in [0.1, 0.15) is 11.5 Å². The largest absolute Gasteiger partial charge is 0.497 e. The van der Waals surface area contributed by atoms with Gasteiger partial charge in [0.25, 0.3) is 5.91 Å². The van der Waals surface area contributed by atoms with Crippen molar-refractivity contribution < 1.29 is 37.3 Å². The highest BCUT2D eigenvalue weighted by atomic mass is 19.4. The number of allylic oxidation sites excluding steroid dienone is 12. The van der Waals surface area contributed by atoms with Gasteiger partial charge >= 0.3 is 12.1 Å². The fourth-order valence-corrected chi connectivity index (χ4v) is 5.59. The Labute approximate surface area is 318 Å². The second-order valence-electron chi connectivity index (χ2n) is 12.9. The first-order valence-electron chi connectivity index (χ1n) is 18.3. The number of carbonyl (C=O) groups is 2. The highest BCUT2D eigenvalue weighted by Gasteiger charge is 2.32. The van der Waals surface area contributed by atoms with Crippen LogP contribution in [0.5, 0.6) is 0 Å². The van der Waals surface area contributed by atoms with Gasteiger partial charge in [0, 0.05) is 24.1 Å². The number of carbonyl (C=O) groups excluding carboxylic acids is 1. The molecule has 54 heavy (non-hydrogen) atoms. The van der Waals surface area contributed by atoms with Crippen LogP contribution in [0.2, 0.25) is 0 Å². The van der Waals surface area contributed by atoms with Crippen LogP contribution in [-0.4, -0.2) is 60.2 Å². The number of carboxylic acid groups (broad SMARTS) is 1. The van der Waals surface area contributed by atoms with E-state index in [-0.39, 0.29) is 30.0 Å². The summed E-state index contributed by atoms with van der Waals surface area (Å²) in [4.78, 5) is 21.8. The molecule has 1 unspecified atom stereocenters. The van der Waals surface area contributed by atoms with Crippen LogP contribution in [0.1, 0.15) is 102 Å². The summed E-state index contributed by atoms with van der Waals surface area (Å²) < 4.78 is 54.2. The number of nitrogens with zero attached hydrogens (tertiary/aromatic N) is 2. The number of hydrazone groups is 1. The van der Waals surface area contributed by atoms with Gasteiger partial charge in [0.2, 0.25) is 0 Å². The molecule has 1 aromatic rings. The van der Waals surface area contributed by atoms with E-state index in [9.17, 15) is 22.8 Å². The Kier molecular flexibility index (Phi) is 19.1. The van der Waals surface area contributed by atoms with Crippen molar-refractivity contribution in [1.82, 2.24) is 10.3 Å². The van der Waals surface area contributed by atoms with Gasteiger partial charge < -0.3 is 19.9 Å². The molecule has 0 aromatic heterocycles. The summed E-state index contributed by atoms with van der Waals surface area (Å²) in [6.07, 6.45) is 15.2. The molecule has 1 saturated carbocycles. The van der Waals surface area contributed by atoms with E-state index in [1.54, 1.807) is 46.9 Å². The minimum absolute atomic E-state index is 0.0437. The van der Waals surface area contributed by atoms with E-state index >= 15 is 0 Å². The predicted molar refractivity (Wildman–Crippen MR) is 211 cm³/mol. The molecule has 2 N–H and O–H groups in total. The van der Waals surface area contributed by atoms with Gasteiger partial charge in [0.15, 0.2) is 0 Å². The molecule has 294 valence electrons. The van der Waals surface area contributed by atoms with Crippen LogP contribution in [0.25, 0.3) is 0 Å². The zero-order chi connectivity index (χ0) is 40.3. The van der Waals surface area contributed by atoms with Crippen LogP contribution in [0.3, 0.4) is 0 Å². The van der Waals surface area contributed by atoms with Crippen LogP contribution in [0.15, 0.2) is 124 Å². The highest BCUT2D eigenvalue weighted by molar-refractivity contribution is 6.01. The first-order valence-corrected chi connectivity index (χ1v) is 18.3. The molecule has 1 fully saturated rings. The van der Waals surface area contributed by atoms with Crippen LogP contribution >= 0.6 is 0 Å². The van der Waals surface area contributed by atoms with Gasteiger partial charge in [-0.05, 0) is 114 Å². The summed E-state index contributed by atoms with van der Waals surface area (Å²) in [5.74, 6) is 0.184. The third-order valence-corrected chi connectivity index (χ3v) is 8.63. The Morgan fingerprint density at radius 1 is 1.11 bits per heavy atom. The Hall–Kier alpha value is -5.06. The van der Waals surface area contributed by atoms with Gasteiger partial charge in [-0.1, -0.05) is 62.1 Å². The molecule has 8 nitrogen and oxygen atoms in total. The van der Waals surface area contributed by atoms with Crippen molar-refractivity contribution >= 4 is 17.6 Å². The SMILES string of the molecule is C=C1/C=C\C(CN(/N=C(C)/C(/C=C(\C=C/C)C(F)(F)F)=C(/C)OC2CCCC2)C(C)c2ccc(C(=O)NCC)cc2)=C/C/C=C\C(OC)=C/1.CCC(=O)O. The smallest absolute Gasteiger partial charge is 0.416 e. The van der Waals surface area contributed by atoms with Crippen molar-refractivity contribution in [3.8, 4) is 0 Å². The lowest BCUT2D eigenvalue weighted by molar-refractivity contribution is -0.136. The van der Waals surface area contributed by atoms with E-state index < -0.39 is 17.7 Å². The number of benzene rings is 1. The first-order chi connectivity index (χ1) is 25.6. The number of rotatable bonds is 14. The quantitative estimate of drug-likeness (QED) is 0.0850. The maximum atomic E-state index is 14.2. The van der Waals surface area contributed by atoms with Crippen LogP contribution in [0.4, 0.5) is 13.2 Å². The Bertz CT molecular complexity index is 1670. The maximum absolute atomic E-state index is 14.2. The number of nitrogens with one attached hydrogen (secondary N) is 1. The Morgan fingerprint density at radius 3 is 2.31 bits per heavy atom. The number of halogens is 3. The lowest BCUT2D eigenvalue weighted by Crippen LogP contribution is -2.26. The standard InChI is InChI=1S/C40H50F3N3O3.C3H6O2/c1-8-14-35(40(41,42)43)26-38(31(6)49-36-16-12-13-17-36)29(4)45-46(30(5)33-21-23-34(24-22-33)39(47)44-9-2)27-32-15-10-11-18-37(48-7)25-28(3)19-20-32;1-2-3(4)5/h8,11,14-15,18-26,30,36H,3,9-10,12-13,16-17,27H2,1-2,4-7H3,(H,44,47);2H2,1H3,(H,4,5)/b14-8-,18-11-,20-19-,32-15+,35-26+,37-25+,38-31-,45-29+;. The molecular weight excluding hydrogens is 695 g/mol. The molecule has 0 saturated heterocycles. The summed E-state index contributed by atoms with van der Waals surface area (Å²) >= 11 is 0. The number of ether oxygens (including phenoxy) is 2. The molecule has 2 aliphatic rings. The molecule has 0 spiro atoms. The number of methoxy groups -OCH3 is 1. The summed E-state index contributed by atoms with van der Waals surface area (Å²) in [5, 5.41) is 17.4. The molecule has 3 rings (SSSR count). The third kappa shape index (κ3) is 15.5. The van der Waals surface area contributed by atoms with Crippen molar-refractivity contribution in [3.05, 3.63) is 130 Å². The predicted octanol–water partition coefficient (Wildman–Crippen LogP) is 10.5. The summed E-state index contributed by atoms with van der Waals surface area (Å²) in [6.45, 7) is 15.4. The van der Waals surface area contributed by atoms with Crippen molar-refractivity contribution in [2.24, 2.45) is 5.10 Å². The third-order valence-electron chi connectivity index (χ3n) is 8.63. The minimum atomic E-state index is -4.57. The number of alkyl halides is 3. The number of hydrogen-bond donors (Lipinski definition) is 2. The Morgan fingerprint density at radius 2 is 1.76 bits per heavy atom. The molecule has 1 atom stereocenters. The lowest BCUT2D eigenvalue weighted by Gasteiger charge is -2.29. The zero-order valence-electron chi connectivity index (χ0n) is 32.6. The van der Waals surface area contributed by atoms with Gasteiger partial charge in [-0.2, -0.15) is 18.3 Å². The van der Waals surface area contributed by atoms with E-state index in [0.29, 0.717) is 42.3 Å².